The average Bonchev–Trinajstić information content (AvgIpc) is 2.71. The Morgan fingerprint density at radius 2 is 1.96 bits per heavy atom. The molecule has 2 heterocycles. The molecule has 0 saturated carbocycles. The van der Waals surface area contributed by atoms with Crippen LogP contribution >= 0.6 is 0 Å². The van der Waals surface area contributed by atoms with Crippen molar-refractivity contribution in [1.82, 2.24) is 10.2 Å². The molecule has 0 bridgehead atoms. The van der Waals surface area contributed by atoms with Gasteiger partial charge in [-0.2, -0.15) is 0 Å². The summed E-state index contributed by atoms with van der Waals surface area (Å²) in [6, 6.07) is 8.61. The Balaban J connectivity index is 1.57. The van der Waals surface area contributed by atoms with E-state index in [4.69, 9.17) is 4.74 Å². The maximum Gasteiger partial charge on any atom is 0.236 e. The van der Waals surface area contributed by atoms with Crippen molar-refractivity contribution in [2.75, 3.05) is 13.1 Å². The molecule has 0 aliphatic carbocycles. The lowest BCUT2D eigenvalue weighted by Gasteiger charge is -2.31. The van der Waals surface area contributed by atoms with E-state index in [2.05, 4.69) is 51.2 Å². The highest BCUT2D eigenvalue weighted by atomic mass is 16.5. The minimum atomic E-state index is -0.238. The van der Waals surface area contributed by atoms with Crippen LogP contribution in [0.2, 0.25) is 0 Å². The van der Waals surface area contributed by atoms with Gasteiger partial charge in [0.25, 0.3) is 0 Å². The summed E-state index contributed by atoms with van der Waals surface area (Å²) < 4.78 is 6.09. The second-order valence-corrected chi connectivity index (χ2v) is 7.94. The zero-order valence-electron chi connectivity index (χ0n) is 14.7. The van der Waals surface area contributed by atoms with Gasteiger partial charge in [-0.15, -0.1) is 0 Å². The number of benzene rings is 1. The molecule has 2 aliphatic rings. The third-order valence-corrected chi connectivity index (χ3v) is 5.06. The molecular weight excluding hydrogens is 288 g/mol. The van der Waals surface area contributed by atoms with Crippen molar-refractivity contribution in [2.24, 2.45) is 0 Å². The van der Waals surface area contributed by atoms with Crippen molar-refractivity contribution in [3.8, 4) is 0 Å². The van der Waals surface area contributed by atoms with Crippen molar-refractivity contribution in [2.45, 2.75) is 64.3 Å². The Morgan fingerprint density at radius 1 is 1.26 bits per heavy atom. The summed E-state index contributed by atoms with van der Waals surface area (Å²) in [6.07, 6.45) is 1.88. The van der Waals surface area contributed by atoms with E-state index < -0.39 is 0 Å². The second kappa shape index (κ2) is 5.91. The van der Waals surface area contributed by atoms with Crippen LogP contribution < -0.4 is 5.32 Å². The second-order valence-electron chi connectivity index (χ2n) is 7.94. The van der Waals surface area contributed by atoms with Gasteiger partial charge < -0.3 is 15.0 Å². The van der Waals surface area contributed by atoms with E-state index in [-0.39, 0.29) is 23.2 Å². The highest BCUT2D eigenvalue weighted by Gasteiger charge is 2.45. The number of ether oxygens (including phenoxy) is 1. The zero-order chi connectivity index (χ0) is 16.7. The summed E-state index contributed by atoms with van der Waals surface area (Å²) in [6.45, 7) is 10.3. The number of hydrogen-bond acceptors (Lipinski definition) is 3. The molecule has 0 aromatic heterocycles. The molecule has 1 atom stereocenters. The Hall–Kier alpha value is -1.39. The maximum atomic E-state index is 12.6. The highest BCUT2D eigenvalue weighted by Crippen LogP contribution is 2.37. The van der Waals surface area contributed by atoms with Crippen LogP contribution in [-0.2, 0) is 22.5 Å². The number of fused-ring (bicyclic) bond motifs is 1. The number of carbonyl (C=O) groups is 1. The molecule has 1 saturated heterocycles. The minimum Gasteiger partial charge on any atom is -0.368 e. The van der Waals surface area contributed by atoms with E-state index in [9.17, 15) is 4.79 Å². The molecule has 3 rings (SSSR count). The first-order valence-corrected chi connectivity index (χ1v) is 8.55. The van der Waals surface area contributed by atoms with Crippen LogP contribution in [0.15, 0.2) is 24.3 Å². The van der Waals surface area contributed by atoms with Crippen LogP contribution in [0, 0.1) is 0 Å². The first kappa shape index (κ1) is 16.5. The molecule has 1 amide bonds. The van der Waals surface area contributed by atoms with E-state index in [0.29, 0.717) is 6.54 Å². The van der Waals surface area contributed by atoms with Gasteiger partial charge >= 0.3 is 0 Å². The van der Waals surface area contributed by atoms with Crippen LogP contribution in [0.3, 0.4) is 0 Å². The molecule has 0 spiro atoms. The lowest BCUT2D eigenvalue weighted by molar-refractivity contribution is -0.131. The fraction of sp³-hybridized carbons (Fsp3) is 0.632. The van der Waals surface area contributed by atoms with Crippen LogP contribution in [0.25, 0.3) is 0 Å². The molecule has 4 heteroatoms. The van der Waals surface area contributed by atoms with Crippen LogP contribution in [0.5, 0.6) is 0 Å². The molecule has 4 nitrogen and oxygen atoms in total. The minimum absolute atomic E-state index is 0.131. The van der Waals surface area contributed by atoms with Crippen LogP contribution in [0.1, 0.15) is 45.2 Å². The van der Waals surface area contributed by atoms with Crippen molar-refractivity contribution in [3.63, 3.8) is 0 Å². The summed E-state index contributed by atoms with van der Waals surface area (Å²) in [5.41, 5.74) is 2.28. The van der Waals surface area contributed by atoms with Gasteiger partial charge in [0.2, 0.25) is 5.91 Å². The van der Waals surface area contributed by atoms with Crippen molar-refractivity contribution < 1.29 is 9.53 Å². The number of nitrogens with one attached hydrogen (secondary N) is 1. The maximum absolute atomic E-state index is 12.6. The lowest BCUT2D eigenvalue weighted by atomic mass is 9.94. The Kier molecular flexibility index (Phi) is 4.23. The van der Waals surface area contributed by atoms with Gasteiger partial charge in [-0.05, 0) is 51.7 Å². The molecule has 1 aromatic carbocycles. The summed E-state index contributed by atoms with van der Waals surface area (Å²) >= 11 is 0. The van der Waals surface area contributed by atoms with E-state index in [1.165, 1.54) is 11.1 Å². The molecule has 0 radical (unpaired) electrons. The Bertz CT molecular complexity index is 595. The highest BCUT2D eigenvalue weighted by molar-refractivity contribution is 5.78. The van der Waals surface area contributed by atoms with Crippen molar-refractivity contribution >= 4 is 5.91 Å². The van der Waals surface area contributed by atoms with E-state index >= 15 is 0 Å². The molecule has 23 heavy (non-hydrogen) atoms. The predicted molar refractivity (Wildman–Crippen MR) is 91.2 cm³/mol. The zero-order valence-corrected chi connectivity index (χ0v) is 14.7. The van der Waals surface area contributed by atoms with Crippen LogP contribution in [0.4, 0.5) is 0 Å². The molecule has 2 aliphatic heterocycles. The standard InChI is InChI=1S/C19H28N2O2/c1-18(2)11-16(19(3,4)23-18)20-12-17(22)21-10-9-14-7-5-6-8-15(14)13-21/h5-8,16,20H,9-13H2,1-4H3. The van der Waals surface area contributed by atoms with Gasteiger partial charge in [0.1, 0.15) is 0 Å². The molecule has 1 N–H and O–H groups in total. The third kappa shape index (κ3) is 3.59. The number of carbonyl (C=O) groups excluding carboxylic acids is 1. The normalized spacial score (nSPS) is 25.2. The smallest absolute Gasteiger partial charge is 0.236 e. The van der Waals surface area contributed by atoms with Crippen molar-refractivity contribution in [3.05, 3.63) is 35.4 Å². The van der Waals surface area contributed by atoms with Gasteiger partial charge in [-0.3, -0.25) is 4.79 Å². The Labute approximate surface area is 139 Å². The third-order valence-electron chi connectivity index (χ3n) is 5.06. The van der Waals surface area contributed by atoms with Crippen LogP contribution in [-0.4, -0.2) is 41.1 Å². The van der Waals surface area contributed by atoms with Gasteiger partial charge in [0.05, 0.1) is 17.7 Å². The topological polar surface area (TPSA) is 41.6 Å². The largest absolute Gasteiger partial charge is 0.368 e. The predicted octanol–water partition coefficient (Wildman–Crippen LogP) is 2.51. The van der Waals surface area contributed by atoms with Gasteiger partial charge in [-0.1, -0.05) is 24.3 Å². The number of rotatable bonds is 3. The SMILES string of the molecule is CC1(C)CC(NCC(=O)N2CCc3ccccc3C2)C(C)(C)O1. The fourth-order valence-corrected chi connectivity index (χ4v) is 3.91. The molecular formula is C19H28N2O2. The number of amides is 1. The first-order valence-electron chi connectivity index (χ1n) is 8.55. The van der Waals surface area contributed by atoms with E-state index in [1.54, 1.807) is 0 Å². The van der Waals surface area contributed by atoms with Gasteiger partial charge in [0.15, 0.2) is 0 Å². The number of nitrogens with zero attached hydrogens (tertiary/aromatic N) is 1. The van der Waals surface area contributed by atoms with Gasteiger partial charge in [0, 0.05) is 19.1 Å². The summed E-state index contributed by atoms with van der Waals surface area (Å²) in [7, 11) is 0. The average molecular weight is 316 g/mol. The Morgan fingerprint density at radius 3 is 2.61 bits per heavy atom. The van der Waals surface area contributed by atoms with E-state index in [0.717, 1.165) is 25.9 Å². The summed E-state index contributed by atoms with van der Waals surface area (Å²) in [5.74, 6) is 0.181. The van der Waals surface area contributed by atoms with E-state index in [1.807, 2.05) is 11.0 Å². The monoisotopic (exact) mass is 316 g/mol. The molecule has 1 aromatic rings. The summed E-state index contributed by atoms with van der Waals surface area (Å²) in [4.78, 5) is 14.5. The first-order chi connectivity index (χ1) is 10.8. The quantitative estimate of drug-likeness (QED) is 0.931. The summed E-state index contributed by atoms with van der Waals surface area (Å²) in [5, 5.41) is 3.43. The molecule has 1 unspecified atom stereocenters. The van der Waals surface area contributed by atoms with Crippen molar-refractivity contribution in [1.29, 1.82) is 0 Å². The number of hydrogen-bond donors (Lipinski definition) is 1. The molecule has 126 valence electrons. The fourth-order valence-electron chi connectivity index (χ4n) is 3.91. The molecule has 1 fully saturated rings. The lowest BCUT2D eigenvalue weighted by Crippen LogP contribution is -2.48. The van der Waals surface area contributed by atoms with Gasteiger partial charge in [-0.25, -0.2) is 0 Å².